The number of pyridine rings is 1. The van der Waals surface area contributed by atoms with E-state index in [1.807, 2.05) is 39.7 Å². The molecule has 1 aliphatic heterocycles. The maximum absolute atomic E-state index is 11.6. The minimum Gasteiger partial charge on any atom is -0.400 e. The van der Waals surface area contributed by atoms with E-state index in [1.54, 1.807) is 19.2 Å². The first-order valence-electron chi connectivity index (χ1n) is 7.14. The van der Waals surface area contributed by atoms with Gasteiger partial charge in [0, 0.05) is 17.8 Å². The molecule has 0 amide bonds. The first-order chi connectivity index (χ1) is 9.62. The molecule has 1 aliphatic rings. The summed E-state index contributed by atoms with van der Waals surface area (Å²) in [6, 6.07) is 1.48. The summed E-state index contributed by atoms with van der Waals surface area (Å²) in [4.78, 5) is 14.3. The fourth-order valence-corrected chi connectivity index (χ4v) is 2.11. The second-order valence-corrected chi connectivity index (χ2v) is 6.49. The smallest absolute Gasteiger partial charge is 0.400 e. The van der Waals surface area contributed by atoms with Crippen molar-refractivity contribution < 1.29 is 9.31 Å². The monoisotopic (exact) mass is 290 g/mol. The van der Waals surface area contributed by atoms with Crippen LogP contribution in [0.3, 0.4) is 0 Å². The van der Waals surface area contributed by atoms with Gasteiger partial charge in [0.2, 0.25) is 0 Å². The number of hydrogen-bond acceptors (Lipinski definition) is 4. The van der Waals surface area contributed by atoms with Crippen molar-refractivity contribution in [1.82, 2.24) is 4.98 Å². The Morgan fingerprint density at radius 3 is 2.38 bits per heavy atom. The van der Waals surface area contributed by atoms with Gasteiger partial charge in [0.1, 0.15) is 0 Å². The third kappa shape index (κ3) is 3.28. The molecule has 21 heavy (non-hydrogen) atoms. The maximum atomic E-state index is 11.6. The highest BCUT2D eigenvalue weighted by Gasteiger charge is 2.49. The zero-order chi connectivity index (χ0) is 15.8. The van der Waals surface area contributed by atoms with Crippen molar-refractivity contribution in [2.24, 2.45) is 5.73 Å². The summed E-state index contributed by atoms with van der Waals surface area (Å²) in [5, 5.41) is 0. The molecule has 2 heterocycles. The van der Waals surface area contributed by atoms with Gasteiger partial charge in [-0.1, -0.05) is 12.1 Å². The molecule has 5 nitrogen and oxygen atoms in total. The van der Waals surface area contributed by atoms with Crippen LogP contribution in [-0.4, -0.2) is 23.3 Å². The van der Waals surface area contributed by atoms with Gasteiger partial charge in [-0.2, -0.15) is 0 Å². The molecule has 3 N–H and O–H groups in total. The summed E-state index contributed by atoms with van der Waals surface area (Å²) in [6.07, 6.45) is 3.51. The number of hydrogen-bond donors (Lipinski definition) is 2. The molecule has 0 aliphatic carbocycles. The maximum Gasteiger partial charge on any atom is 0.487 e. The van der Waals surface area contributed by atoms with Crippen LogP contribution in [0, 0.1) is 0 Å². The molecular weight excluding hydrogens is 267 g/mol. The molecule has 2 rings (SSSR count). The first-order valence-corrected chi connectivity index (χ1v) is 7.14. The van der Waals surface area contributed by atoms with E-state index in [9.17, 15) is 4.79 Å². The molecule has 0 spiro atoms. The number of aromatic amines is 1. The highest BCUT2D eigenvalue weighted by Crippen LogP contribution is 2.36. The lowest BCUT2D eigenvalue weighted by molar-refractivity contribution is 0.00578. The SMILES string of the molecule is C[C@@H](N)c1cc(/C=C/B2OC(C)(C)C(C)(C)O2)c[nH]c1=O. The topological polar surface area (TPSA) is 77.3 Å². The second kappa shape index (κ2) is 5.44. The van der Waals surface area contributed by atoms with Crippen LogP contribution in [0.15, 0.2) is 23.0 Å². The minimum absolute atomic E-state index is 0.155. The minimum atomic E-state index is -0.402. The van der Waals surface area contributed by atoms with Crippen LogP contribution >= 0.6 is 0 Å². The van der Waals surface area contributed by atoms with Gasteiger partial charge in [0.25, 0.3) is 5.56 Å². The van der Waals surface area contributed by atoms with Gasteiger partial charge in [0.15, 0.2) is 0 Å². The van der Waals surface area contributed by atoms with Gasteiger partial charge < -0.3 is 20.0 Å². The van der Waals surface area contributed by atoms with Crippen molar-refractivity contribution in [2.45, 2.75) is 51.9 Å². The quantitative estimate of drug-likeness (QED) is 0.835. The Bertz CT molecular complexity index is 589. The molecule has 0 bridgehead atoms. The van der Waals surface area contributed by atoms with E-state index in [1.165, 1.54) is 0 Å². The van der Waals surface area contributed by atoms with Gasteiger partial charge >= 0.3 is 7.12 Å². The first kappa shape index (κ1) is 16.0. The third-order valence-electron chi connectivity index (χ3n) is 4.16. The third-order valence-corrected chi connectivity index (χ3v) is 4.16. The lowest BCUT2D eigenvalue weighted by atomic mass is 9.89. The summed E-state index contributed by atoms with van der Waals surface area (Å²) in [5.74, 6) is 1.84. The molecule has 0 saturated carbocycles. The van der Waals surface area contributed by atoms with Gasteiger partial charge in [-0.3, -0.25) is 4.79 Å². The highest BCUT2D eigenvalue weighted by atomic mass is 16.7. The zero-order valence-electron chi connectivity index (χ0n) is 13.3. The average molecular weight is 290 g/mol. The highest BCUT2D eigenvalue weighted by molar-refractivity contribution is 6.52. The van der Waals surface area contributed by atoms with Gasteiger partial charge in [-0.25, -0.2) is 0 Å². The Labute approximate surface area is 125 Å². The standard InChI is InChI=1S/C15H23BN2O3/c1-10(17)12-8-11(9-18-13(12)19)6-7-16-20-14(2,3)15(4,5)21-16/h6-10H,17H2,1-5H3,(H,18,19)/b7-6+/t10-/m1/s1. The Balaban J connectivity index is 2.16. The molecule has 1 aromatic rings. The fourth-order valence-electron chi connectivity index (χ4n) is 2.11. The summed E-state index contributed by atoms with van der Waals surface area (Å²) in [7, 11) is -0.402. The van der Waals surface area contributed by atoms with Crippen LogP contribution in [-0.2, 0) is 9.31 Å². The van der Waals surface area contributed by atoms with Crippen LogP contribution in [0.4, 0.5) is 0 Å². The number of nitrogens with one attached hydrogen (secondary N) is 1. The molecule has 1 fully saturated rings. The number of nitrogens with two attached hydrogens (primary N) is 1. The van der Waals surface area contributed by atoms with Crippen LogP contribution in [0.2, 0.25) is 0 Å². The Morgan fingerprint density at radius 1 is 1.29 bits per heavy atom. The zero-order valence-corrected chi connectivity index (χ0v) is 13.3. The van der Waals surface area contributed by atoms with Crippen LogP contribution in [0.25, 0.3) is 6.08 Å². The van der Waals surface area contributed by atoms with E-state index < -0.39 is 7.12 Å². The van der Waals surface area contributed by atoms with Crippen LogP contribution in [0.5, 0.6) is 0 Å². The number of aromatic nitrogens is 1. The molecule has 1 atom stereocenters. The average Bonchev–Trinajstić information content (AvgIpc) is 2.56. The molecule has 114 valence electrons. The predicted molar refractivity (Wildman–Crippen MR) is 84.8 cm³/mol. The van der Waals surface area contributed by atoms with Crippen molar-refractivity contribution in [3.63, 3.8) is 0 Å². The number of rotatable bonds is 3. The van der Waals surface area contributed by atoms with Gasteiger partial charge in [-0.05, 0) is 46.2 Å². The van der Waals surface area contributed by atoms with Gasteiger partial charge in [0.05, 0.1) is 11.2 Å². The largest absolute Gasteiger partial charge is 0.487 e. The normalized spacial score (nSPS) is 21.9. The predicted octanol–water partition coefficient (Wildman–Crippen LogP) is 2.04. The van der Waals surface area contributed by atoms with E-state index in [0.29, 0.717) is 5.56 Å². The Morgan fingerprint density at radius 2 is 1.86 bits per heavy atom. The summed E-state index contributed by atoms with van der Waals surface area (Å²) < 4.78 is 11.8. The summed E-state index contributed by atoms with van der Waals surface area (Å²) >= 11 is 0. The molecule has 1 saturated heterocycles. The molecule has 1 aromatic heterocycles. The second-order valence-electron chi connectivity index (χ2n) is 6.49. The van der Waals surface area contributed by atoms with E-state index >= 15 is 0 Å². The van der Waals surface area contributed by atoms with E-state index in [-0.39, 0.29) is 22.8 Å². The summed E-state index contributed by atoms with van der Waals surface area (Å²) in [5.41, 5.74) is 6.33. The lowest BCUT2D eigenvalue weighted by Gasteiger charge is -2.32. The van der Waals surface area contributed by atoms with E-state index in [4.69, 9.17) is 15.0 Å². The van der Waals surface area contributed by atoms with Crippen LogP contribution < -0.4 is 11.3 Å². The molecule has 0 aromatic carbocycles. The fraction of sp³-hybridized carbons (Fsp3) is 0.533. The Hall–Kier alpha value is -1.37. The molecule has 0 unspecified atom stereocenters. The Kier molecular flexibility index (Phi) is 4.15. The van der Waals surface area contributed by atoms with Gasteiger partial charge in [-0.15, -0.1) is 0 Å². The molecule has 6 heteroatoms. The van der Waals surface area contributed by atoms with Crippen molar-refractivity contribution >= 4 is 13.2 Å². The van der Waals surface area contributed by atoms with Crippen molar-refractivity contribution in [3.8, 4) is 0 Å². The van der Waals surface area contributed by atoms with Crippen molar-refractivity contribution in [2.75, 3.05) is 0 Å². The molecular formula is C15H23BN2O3. The van der Waals surface area contributed by atoms with Crippen molar-refractivity contribution in [1.29, 1.82) is 0 Å². The summed E-state index contributed by atoms with van der Waals surface area (Å²) in [6.45, 7) is 9.82. The van der Waals surface area contributed by atoms with E-state index in [0.717, 1.165) is 5.56 Å². The number of H-pyrrole nitrogens is 1. The lowest BCUT2D eigenvalue weighted by Crippen LogP contribution is -2.41. The van der Waals surface area contributed by atoms with E-state index in [2.05, 4.69) is 4.98 Å². The molecule has 0 radical (unpaired) electrons. The van der Waals surface area contributed by atoms with Crippen LogP contribution in [0.1, 0.15) is 51.8 Å². The van der Waals surface area contributed by atoms with Crippen molar-refractivity contribution in [3.05, 3.63) is 39.7 Å².